The van der Waals surface area contributed by atoms with Gasteiger partial charge >= 0.3 is 0 Å². The Morgan fingerprint density at radius 3 is 2.68 bits per heavy atom. The second kappa shape index (κ2) is 9.73. The van der Waals surface area contributed by atoms with Crippen LogP contribution >= 0.6 is 11.8 Å². The first-order valence-electron chi connectivity index (χ1n) is 14.1. The molecule has 2 bridgehead atoms. The van der Waals surface area contributed by atoms with Gasteiger partial charge in [-0.25, -0.2) is 0 Å². The van der Waals surface area contributed by atoms with Crippen molar-refractivity contribution in [3.63, 3.8) is 0 Å². The van der Waals surface area contributed by atoms with E-state index in [0.29, 0.717) is 31.7 Å². The Morgan fingerprint density at radius 2 is 1.78 bits per heavy atom. The molecule has 3 aliphatic heterocycles. The number of pyridine rings is 1. The van der Waals surface area contributed by atoms with E-state index < -0.39 is 0 Å². The van der Waals surface area contributed by atoms with Gasteiger partial charge in [-0.1, -0.05) is 60.7 Å². The summed E-state index contributed by atoms with van der Waals surface area (Å²) in [6.07, 6.45) is 2.76. The molecule has 0 saturated heterocycles. The number of thioether (sulfide) groups is 1. The van der Waals surface area contributed by atoms with Crippen molar-refractivity contribution in [2.45, 2.75) is 29.7 Å². The summed E-state index contributed by atoms with van der Waals surface area (Å²) in [6.45, 7) is 1.86. The number of nitrogens with zero attached hydrogens (tertiary/aromatic N) is 3. The molecule has 206 valence electrons. The fraction of sp³-hybridized carbons (Fsp3) is 0.273. The molecule has 1 unspecified atom stereocenters. The van der Waals surface area contributed by atoms with Gasteiger partial charge in [-0.2, -0.15) is 0 Å². The summed E-state index contributed by atoms with van der Waals surface area (Å²) in [7, 11) is 0. The van der Waals surface area contributed by atoms with E-state index in [1.54, 1.807) is 6.20 Å². The third kappa shape index (κ3) is 4.20. The number of fused-ring (bicyclic) bond motifs is 8. The van der Waals surface area contributed by atoms with Gasteiger partial charge in [0.2, 0.25) is 5.43 Å². The number of hydrogen-bond donors (Lipinski definition) is 0. The highest BCUT2D eigenvalue weighted by Gasteiger charge is 2.45. The van der Waals surface area contributed by atoms with E-state index in [1.165, 1.54) is 16.5 Å². The highest BCUT2D eigenvalue weighted by atomic mass is 32.2. The van der Waals surface area contributed by atoms with Crippen molar-refractivity contribution < 1.29 is 14.3 Å². The normalized spacial score (nSPS) is 22.1. The van der Waals surface area contributed by atoms with Crippen LogP contribution in [0.5, 0.6) is 11.5 Å². The minimum atomic E-state index is -0.294. The molecule has 0 radical (unpaired) electrons. The zero-order valence-electron chi connectivity index (χ0n) is 22.4. The first kappa shape index (κ1) is 24.6. The maximum Gasteiger partial charge on any atom is 0.277 e. The Balaban J connectivity index is 1.34. The second-order valence-electron chi connectivity index (χ2n) is 11.2. The van der Waals surface area contributed by atoms with Crippen LogP contribution in [-0.2, 0) is 12.4 Å². The van der Waals surface area contributed by atoms with Crippen molar-refractivity contribution in [3.05, 3.63) is 123 Å². The summed E-state index contributed by atoms with van der Waals surface area (Å²) in [4.78, 5) is 30.6. The van der Waals surface area contributed by atoms with E-state index in [9.17, 15) is 9.59 Å². The summed E-state index contributed by atoms with van der Waals surface area (Å²) >= 11 is 1.82. The second-order valence-corrected chi connectivity index (χ2v) is 12.2. The molecule has 7 nitrogen and oxygen atoms in total. The molecule has 3 atom stereocenters. The van der Waals surface area contributed by atoms with Crippen molar-refractivity contribution in [3.8, 4) is 11.5 Å². The third-order valence-corrected chi connectivity index (χ3v) is 9.78. The fourth-order valence-electron chi connectivity index (χ4n) is 6.42. The van der Waals surface area contributed by atoms with Crippen LogP contribution in [-0.4, -0.2) is 35.3 Å². The monoisotopic (exact) mass is 563 g/mol. The number of aromatic nitrogens is 1. The van der Waals surface area contributed by atoms with E-state index in [0.717, 1.165) is 34.6 Å². The van der Waals surface area contributed by atoms with E-state index in [1.807, 2.05) is 51.7 Å². The van der Waals surface area contributed by atoms with Gasteiger partial charge in [0.05, 0.1) is 6.61 Å². The summed E-state index contributed by atoms with van der Waals surface area (Å²) in [5.41, 5.74) is 4.41. The van der Waals surface area contributed by atoms with Crippen LogP contribution in [0.4, 0.5) is 0 Å². The van der Waals surface area contributed by atoms with Gasteiger partial charge in [0.15, 0.2) is 11.4 Å². The number of carbonyl (C=O) groups is 1. The summed E-state index contributed by atoms with van der Waals surface area (Å²) in [6, 6.07) is 25.8. The van der Waals surface area contributed by atoms with Crippen molar-refractivity contribution >= 4 is 17.7 Å². The number of rotatable bonds is 3. The van der Waals surface area contributed by atoms with E-state index >= 15 is 0 Å². The third-order valence-electron chi connectivity index (χ3n) is 8.64. The van der Waals surface area contributed by atoms with Gasteiger partial charge in [-0.15, -0.1) is 11.8 Å². The highest BCUT2D eigenvalue weighted by molar-refractivity contribution is 7.98. The predicted octanol–water partition coefficient (Wildman–Crippen LogP) is 5.20. The number of carbonyl (C=O) groups excluding carboxylic acids is 1. The molecule has 0 spiro atoms. The highest BCUT2D eigenvalue weighted by Crippen LogP contribution is 2.48. The van der Waals surface area contributed by atoms with Crippen LogP contribution in [0.2, 0.25) is 0 Å². The number of hydrogen-bond acceptors (Lipinski definition) is 6. The molecule has 1 aliphatic carbocycles. The molecule has 4 aromatic rings. The molecule has 8 heteroatoms. The topological polar surface area (TPSA) is 64.0 Å². The molecule has 8 rings (SSSR count). The minimum absolute atomic E-state index is 0.0966. The van der Waals surface area contributed by atoms with Gasteiger partial charge in [-0.3, -0.25) is 19.3 Å². The van der Waals surface area contributed by atoms with Crippen LogP contribution in [0.1, 0.15) is 45.2 Å². The largest absolute Gasteiger partial charge is 0.493 e. The molecule has 4 heterocycles. The summed E-state index contributed by atoms with van der Waals surface area (Å²) in [5, 5.41) is 2.21. The van der Waals surface area contributed by atoms with Gasteiger partial charge in [0, 0.05) is 35.0 Å². The minimum Gasteiger partial charge on any atom is -0.493 e. The predicted molar refractivity (Wildman–Crippen MR) is 157 cm³/mol. The van der Waals surface area contributed by atoms with E-state index in [-0.39, 0.29) is 35.4 Å². The average Bonchev–Trinajstić information content (AvgIpc) is 3.77. The molecule has 41 heavy (non-hydrogen) atoms. The first-order valence-corrected chi connectivity index (χ1v) is 15.1. The summed E-state index contributed by atoms with van der Waals surface area (Å²) < 4.78 is 14.6. The Morgan fingerprint density at radius 1 is 0.927 bits per heavy atom. The fourth-order valence-corrected chi connectivity index (χ4v) is 7.50. The lowest BCUT2D eigenvalue weighted by Gasteiger charge is -2.44. The van der Waals surface area contributed by atoms with Crippen LogP contribution in [0.15, 0.2) is 94.7 Å². The molecule has 0 N–H and O–H groups in total. The number of benzene rings is 3. The Hall–Kier alpha value is -4.17. The van der Waals surface area contributed by atoms with E-state index in [4.69, 9.17) is 9.47 Å². The van der Waals surface area contributed by atoms with Gasteiger partial charge in [0.1, 0.15) is 25.1 Å². The molecule has 4 aliphatic rings. The molecular formula is C33H29N3O4S. The van der Waals surface area contributed by atoms with Crippen LogP contribution in [0, 0.1) is 11.8 Å². The van der Waals surface area contributed by atoms with Crippen LogP contribution < -0.4 is 19.9 Å². The maximum absolute atomic E-state index is 14.2. The zero-order valence-corrected chi connectivity index (χ0v) is 23.3. The maximum atomic E-state index is 14.2. The molecule has 1 aromatic heterocycles. The lowest BCUT2D eigenvalue weighted by atomic mass is 9.93. The number of ether oxygens (including phenoxy) is 2. The van der Waals surface area contributed by atoms with Gasteiger partial charge in [0.25, 0.3) is 5.91 Å². The smallest absolute Gasteiger partial charge is 0.277 e. The molecule has 1 fully saturated rings. The molecule has 1 amide bonds. The lowest BCUT2D eigenvalue weighted by molar-refractivity contribution is 0.0664. The van der Waals surface area contributed by atoms with Crippen molar-refractivity contribution in [1.82, 2.24) is 9.58 Å². The van der Waals surface area contributed by atoms with Crippen LogP contribution in [0.3, 0.4) is 0 Å². The summed E-state index contributed by atoms with van der Waals surface area (Å²) in [5.74, 6) is 2.42. The zero-order chi connectivity index (χ0) is 27.5. The first-order chi connectivity index (χ1) is 20.2. The molecule has 3 aromatic carbocycles. The van der Waals surface area contributed by atoms with E-state index in [2.05, 4.69) is 47.5 Å². The van der Waals surface area contributed by atoms with Crippen molar-refractivity contribution in [2.24, 2.45) is 11.8 Å². The van der Waals surface area contributed by atoms with Crippen LogP contribution in [0.25, 0.3) is 0 Å². The van der Waals surface area contributed by atoms with Crippen molar-refractivity contribution in [1.29, 1.82) is 0 Å². The molecule has 1 saturated carbocycles. The SMILES string of the molecule is O=C1c2c(OCc3ccccc3)c(=O)ccn2N2CN1CC1C[C@H]1COc1cccc3c1[C@H]2c1ccccc1SC3. The Kier molecular flexibility index (Phi) is 5.84. The molecular weight excluding hydrogens is 534 g/mol. The Labute approximate surface area is 242 Å². The average molecular weight is 564 g/mol. The van der Waals surface area contributed by atoms with Gasteiger partial charge in [-0.05, 0) is 47.1 Å². The quantitative estimate of drug-likeness (QED) is 0.341. The van der Waals surface area contributed by atoms with Gasteiger partial charge < -0.3 is 14.4 Å². The standard InChI is InChI=1S/C33H29N3O4S/c37-26-13-14-35-31(32(26)40-17-21-7-2-1-3-8-21)33(38)34-16-23-15-24(23)18-39-27-11-6-9-22-19-41-28-12-5-4-10-25(28)30(29(22)27)36(35)20-34/h1-14,23-24,30H,15-20H2/t23?,24-,30+/m0/s1. The van der Waals surface area contributed by atoms with Crippen molar-refractivity contribution in [2.75, 3.05) is 24.8 Å². The number of amides is 1. The Bertz CT molecular complexity index is 1720. The lowest BCUT2D eigenvalue weighted by Crippen LogP contribution is -2.56.